The number of hydrogen-bond acceptors (Lipinski definition) is 2. The fraction of sp³-hybridized carbons (Fsp3) is 0.400. The van der Waals surface area contributed by atoms with E-state index in [4.69, 9.17) is 16.3 Å². The van der Waals surface area contributed by atoms with E-state index in [-0.39, 0.29) is 11.3 Å². The van der Waals surface area contributed by atoms with Crippen LogP contribution in [0.4, 0.5) is 13.2 Å². The highest BCUT2D eigenvalue weighted by molar-refractivity contribution is 6.31. The van der Waals surface area contributed by atoms with Crippen molar-refractivity contribution in [3.8, 4) is 5.75 Å². The van der Waals surface area contributed by atoms with Crippen molar-refractivity contribution in [2.24, 2.45) is 0 Å². The monoisotopic (exact) mass is 317 g/mol. The van der Waals surface area contributed by atoms with Crippen LogP contribution in [0.1, 0.15) is 31.0 Å². The minimum Gasteiger partial charge on any atom is -0.493 e. The van der Waals surface area contributed by atoms with E-state index in [1.807, 2.05) is 6.92 Å². The van der Waals surface area contributed by atoms with E-state index < -0.39 is 11.9 Å². The molecule has 21 heavy (non-hydrogen) atoms. The summed E-state index contributed by atoms with van der Waals surface area (Å²) in [5, 5.41) is 0.950. The maximum Gasteiger partial charge on any atom is 0.433 e. The molecule has 0 aliphatic heterocycles. The number of halogens is 4. The summed E-state index contributed by atoms with van der Waals surface area (Å²) in [7, 11) is 0. The van der Waals surface area contributed by atoms with Crippen molar-refractivity contribution in [1.29, 1.82) is 0 Å². The van der Waals surface area contributed by atoms with E-state index >= 15 is 0 Å². The molecule has 0 atom stereocenters. The van der Waals surface area contributed by atoms with Crippen LogP contribution in [0.15, 0.2) is 18.2 Å². The summed E-state index contributed by atoms with van der Waals surface area (Å²) < 4.78 is 44.4. The highest BCUT2D eigenvalue weighted by Crippen LogP contribution is 2.36. The minimum absolute atomic E-state index is 0.173. The SMILES string of the molecule is CCCCOc1cc(C(F)(F)F)nc2c(C)cc(Cl)cc12. The Kier molecular flexibility index (Phi) is 4.61. The Morgan fingerprint density at radius 3 is 2.57 bits per heavy atom. The van der Waals surface area contributed by atoms with Crippen LogP contribution < -0.4 is 4.74 Å². The van der Waals surface area contributed by atoms with Crippen LogP contribution >= 0.6 is 11.6 Å². The molecule has 0 saturated carbocycles. The van der Waals surface area contributed by atoms with Crippen molar-refractivity contribution < 1.29 is 17.9 Å². The molecule has 1 aromatic heterocycles. The normalized spacial score (nSPS) is 11.9. The van der Waals surface area contributed by atoms with Gasteiger partial charge in [0.1, 0.15) is 11.4 Å². The van der Waals surface area contributed by atoms with Crippen LogP contribution in [0.3, 0.4) is 0 Å². The molecule has 0 radical (unpaired) electrons. The number of unbranched alkanes of at least 4 members (excludes halogenated alkanes) is 1. The zero-order valence-electron chi connectivity index (χ0n) is 11.7. The summed E-state index contributed by atoms with van der Waals surface area (Å²) >= 11 is 5.98. The van der Waals surface area contributed by atoms with Crippen molar-refractivity contribution in [3.63, 3.8) is 0 Å². The van der Waals surface area contributed by atoms with Crippen LogP contribution in [-0.4, -0.2) is 11.6 Å². The van der Waals surface area contributed by atoms with Gasteiger partial charge in [0.2, 0.25) is 0 Å². The Hall–Kier alpha value is -1.49. The number of ether oxygens (including phenoxy) is 1. The van der Waals surface area contributed by atoms with Crippen LogP contribution in [-0.2, 0) is 6.18 Å². The smallest absolute Gasteiger partial charge is 0.433 e. The third kappa shape index (κ3) is 3.59. The molecule has 0 spiro atoms. The fourth-order valence-electron chi connectivity index (χ4n) is 2.02. The number of benzene rings is 1. The summed E-state index contributed by atoms with van der Waals surface area (Å²) in [6.07, 6.45) is -2.84. The Bertz CT molecular complexity index is 655. The van der Waals surface area contributed by atoms with Gasteiger partial charge >= 0.3 is 6.18 Å². The van der Waals surface area contributed by atoms with Gasteiger partial charge in [-0.05, 0) is 31.0 Å². The summed E-state index contributed by atoms with van der Waals surface area (Å²) in [5.74, 6) is 0.173. The molecule has 6 heteroatoms. The number of hydrogen-bond donors (Lipinski definition) is 0. The summed E-state index contributed by atoms with van der Waals surface area (Å²) in [5.41, 5.74) is -0.100. The molecule has 0 N–H and O–H groups in total. The minimum atomic E-state index is -4.51. The summed E-state index contributed by atoms with van der Waals surface area (Å²) in [4.78, 5) is 3.71. The van der Waals surface area contributed by atoms with Crippen molar-refractivity contribution in [3.05, 3.63) is 34.5 Å². The maximum atomic E-state index is 13.0. The van der Waals surface area contributed by atoms with Gasteiger partial charge in [-0.2, -0.15) is 13.2 Å². The largest absolute Gasteiger partial charge is 0.493 e. The highest BCUT2D eigenvalue weighted by atomic mass is 35.5. The number of pyridine rings is 1. The number of fused-ring (bicyclic) bond motifs is 1. The first-order chi connectivity index (χ1) is 9.82. The second-order valence-electron chi connectivity index (χ2n) is 4.82. The van der Waals surface area contributed by atoms with Gasteiger partial charge in [-0.25, -0.2) is 4.98 Å². The summed E-state index contributed by atoms with van der Waals surface area (Å²) in [6, 6.07) is 4.11. The Labute approximate surface area is 125 Å². The van der Waals surface area contributed by atoms with E-state index in [1.54, 1.807) is 19.1 Å². The predicted octanol–water partition coefficient (Wildman–Crippen LogP) is 5.39. The first-order valence-electron chi connectivity index (χ1n) is 6.64. The fourth-order valence-corrected chi connectivity index (χ4v) is 2.29. The molecular formula is C15H15ClF3NO. The molecule has 2 nitrogen and oxygen atoms in total. The van der Waals surface area contributed by atoms with Gasteiger partial charge in [0.25, 0.3) is 0 Å². The molecule has 0 saturated heterocycles. The Morgan fingerprint density at radius 1 is 1.24 bits per heavy atom. The standard InChI is InChI=1S/C15H15ClF3NO/c1-3-4-5-21-12-8-13(15(17,18)19)20-14-9(2)6-10(16)7-11(12)14/h6-8H,3-5H2,1-2H3. The van der Waals surface area contributed by atoms with Gasteiger partial charge in [-0.3, -0.25) is 0 Å². The molecular weight excluding hydrogens is 303 g/mol. The van der Waals surface area contributed by atoms with Gasteiger partial charge in [0.05, 0.1) is 12.1 Å². The number of aryl methyl sites for hydroxylation is 1. The first kappa shape index (κ1) is 15.9. The number of nitrogens with zero attached hydrogens (tertiary/aromatic N) is 1. The van der Waals surface area contributed by atoms with Crippen LogP contribution in [0.25, 0.3) is 10.9 Å². The molecule has 0 fully saturated rings. The van der Waals surface area contributed by atoms with Gasteiger partial charge in [-0.15, -0.1) is 0 Å². The molecule has 114 valence electrons. The van der Waals surface area contributed by atoms with Crippen molar-refractivity contribution in [2.75, 3.05) is 6.61 Å². The lowest BCUT2D eigenvalue weighted by Crippen LogP contribution is -2.09. The van der Waals surface area contributed by atoms with Crippen LogP contribution in [0.2, 0.25) is 5.02 Å². The summed E-state index contributed by atoms with van der Waals surface area (Å²) in [6.45, 7) is 4.02. The van der Waals surface area contributed by atoms with Gasteiger partial charge in [-0.1, -0.05) is 24.9 Å². The van der Waals surface area contributed by atoms with E-state index in [2.05, 4.69) is 4.98 Å². The third-order valence-electron chi connectivity index (χ3n) is 3.08. The number of aromatic nitrogens is 1. The van der Waals surface area contributed by atoms with Crippen LogP contribution in [0.5, 0.6) is 5.75 Å². The molecule has 2 rings (SSSR count). The van der Waals surface area contributed by atoms with E-state index in [0.717, 1.165) is 18.9 Å². The molecule has 0 bridgehead atoms. The van der Waals surface area contributed by atoms with Crippen molar-refractivity contribution in [2.45, 2.75) is 32.9 Å². The second-order valence-corrected chi connectivity index (χ2v) is 5.26. The quantitative estimate of drug-likeness (QED) is 0.705. The topological polar surface area (TPSA) is 22.1 Å². The molecule has 0 aliphatic rings. The lowest BCUT2D eigenvalue weighted by molar-refractivity contribution is -0.141. The molecule has 0 amide bonds. The van der Waals surface area contributed by atoms with E-state index in [9.17, 15) is 13.2 Å². The van der Waals surface area contributed by atoms with E-state index in [0.29, 0.717) is 22.6 Å². The average molecular weight is 318 g/mol. The third-order valence-corrected chi connectivity index (χ3v) is 3.29. The molecule has 1 aromatic carbocycles. The second kappa shape index (κ2) is 6.10. The van der Waals surface area contributed by atoms with Crippen molar-refractivity contribution >= 4 is 22.5 Å². The van der Waals surface area contributed by atoms with Gasteiger partial charge < -0.3 is 4.74 Å². The lowest BCUT2D eigenvalue weighted by atomic mass is 10.1. The highest BCUT2D eigenvalue weighted by Gasteiger charge is 2.34. The number of alkyl halides is 3. The van der Waals surface area contributed by atoms with Crippen molar-refractivity contribution in [1.82, 2.24) is 4.98 Å². The predicted molar refractivity (Wildman–Crippen MR) is 76.9 cm³/mol. The Balaban J connectivity index is 2.61. The lowest BCUT2D eigenvalue weighted by Gasteiger charge is -2.14. The Morgan fingerprint density at radius 2 is 1.95 bits per heavy atom. The van der Waals surface area contributed by atoms with Crippen LogP contribution in [0, 0.1) is 6.92 Å². The average Bonchev–Trinajstić information content (AvgIpc) is 2.38. The van der Waals surface area contributed by atoms with Gasteiger partial charge in [0.15, 0.2) is 0 Å². The number of rotatable bonds is 4. The molecule has 0 unspecified atom stereocenters. The zero-order chi connectivity index (χ0) is 15.6. The zero-order valence-corrected chi connectivity index (χ0v) is 12.5. The molecule has 2 aromatic rings. The maximum absolute atomic E-state index is 13.0. The van der Waals surface area contributed by atoms with E-state index in [1.165, 1.54) is 0 Å². The first-order valence-corrected chi connectivity index (χ1v) is 7.01. The molecule has 0 aliphatic carbocycles. The molecule has 1 heterocycles. The van der Waals surface area contributed by atoms with Gasteiger partial charge in [0, 0.05) is 16.5 Å².